The van der Waals surface area contributed by atoms with Crippen LogP contribution in [-0.2, 0) is 0 Å². The Kier molecular flexibility index (Phi) is 4.50. The normalized spacial score (nSPS) is 9.95. The number of ether oxygens (including phenoxy) is 1. The van der Waals surface area contributed by atoms with Crippen LogP contribution < -0.4 is 4.74 Å². The predicted octanol–water partition coefficient (Wildman–Crippen LogP) is 4.01. The first kappa shape index (κ1) is 14.9. The average molecular weight is 304 g/mol. The van der Waals surface area contributed by atoms with Crippen LogP contribution in [0.3, 0.4) is 0 Å². The van der Waals surface area contributed by atoms with E-state index in [2.05, 4.69) is 4.98 Å². The highest BCUT2D eigenvalue weighted by molar-refractivity contribution is 5.94. The van der Waals surface area contributed by atoms with Gasteiger partial charge in [-0.2, -0.15) is 0 Å². The van der Waals surface area contributed by atoms with E-state index in [1.165, 1.54) is 24.3 Å². The van der Waals surface area contributed by atoms with E-state index >= 15 is 0 Å². The van der Waals surface area contributed by atoms with Crippen LogP contribution in [0.25, 0.3) is 10.9 Å². The minimum absolute atomic E-state index is 0. The van der Waals surface area contributed by atoms with Crippen LogP contribution in [0.1, 0.15) is 10.4 Å². The van der Waals surface area contributed by atoms with E-state index in [1.54, 1.807) is 18.3 Å². The second kappa shape index (κ2) is 6.33. The van der Waals surface area contributed by atoms with Crippen LogP contribution >= 0.6 is 12.4 Å². The molecule has 1 heterocycles. The maximum atomic E-state index is 12.8. The van der Waals surface area contributed by atoms with E-state index < -0.39 is 11.8 Å². The summed E-state index contributed by atoms with van der Waals surface area (Å²) in [6, 6.07) is 14.3. The summed E-state index contributed by atoms with van der Waals surface area (Å²) in [5, 5.41) is 0.886. The third-order valence-electron chi connectivity index (χ3n) is 2.88. The molecule has 0 aliphatic heterocycles. The minimum atomic E-state index is -0.539. The van der Waals surface area contributed by atoms with Crippen LogP contribution in [-0.4, -0.2) is 11.0 Å². The molecule has 106 valence electrons. The van der Waals surface area contributed by atoms with Gasteiger partial charge in [-0.05, 0) is 36.4 Å². The summed E-state index contributed by atoms with van der Waals surface area (Å²) in [5.41, 5.74) is 0.907. The highest BCUT2D eigenvalue weighted by Crippen LogP contribution is 2.23. The number of aromatic nitrogens is 1. The van der Waals surface area contributed by atoms with Crippen molar-refractivity contribution in [3.63, 3.8) is 0 Å². The lowest BCUT2D eigenvalue weighted by Gasteiger charge is -2.06. The monoisotopic (exact) mass is 303 g/mol. The lowest BCUT2D eigenvalue weighted by Crippen LogP contribution is -2.08. The maximum Gasteiger partial charge on any atom is 0.343 e. The number of para-hydroxylation sites is 1. The van der Waals surface area contributed by atoms with Crippen molar-refractivity contribution in [1.82, 2.24) is 4.98 Å². The second-order valence-corrected chi connectivity index (χ2v) is 4.23. The molecule has 0 radical (unpaired) electrons. The molecule has 0 bridgehead atoms. The van der Waals surface area contributed by atoms with Gasteiger partial charge < -0.3 is 4.74 Å². The van der Waals surface area contributed by atoms with Gasteiger partial charge in [0.25, 0.3) is 0 Å². The number of fused-ring (bicyclic) bond motifs is 1. The third kappa shape index (κ3) is 3.17. The number of pyridine rings is 1. The molecule has 0 saturated carbocycles. The van der Waals surface area contributed by atoms with Gasteiger partial charge in [0.15, 0.2) is 5.75 Å². The molecule has 2 aromatic carbocycles. The number of hydrogen-bond donors (Lipinski definition) is 0. The fourth-order valence-electron chi connectivity index (χ4n) is 1.90. The first-order valence-electron chi connectivity index (χ1n) is 6.05. The molecule has 3 nitrogen and oxygen atoms in total. The number of carbonyl (C=O) groups is 1. The molecule has 5 heteroatoms. The van der Waals surface area contributed by atoms with Crippen molar-refractivity contribution in [2.75, 3.05) is 0 Å². The number of esters is 1. The van der Waals surface area contributed by atoms with Gasteiger partial charge >= 0.3 is 5.97 Å². The van der Waals surface area contributed by atoms with Crippen molar-refractivity contribution < 1.29 is 13.9 Å². The van der Waals surface area contributed by atoms with Crippen LogP contribution in [0.5, 0.6) is 5.75 Å². The Morgan fingerprint density at radius 3 is 2.48 bits per heavy atom. The minimum Gasteiger partial charge on any atom is -0.421 e. The molecular formula is C16H11ClFNO2. The molecule has 0 atom stereocenters. The molecule has 0 spiro atoms. The number of rotatable bonds is 2. The number of halogens is 2. The van der Waals surface area contributed by atoms with Crippen molar-refractivity contribution in [1.29, 1.82) is 0 Å². The van der Waals surface area contributed by atoms with Crippen LogP contribution in [0, 0.1) is 5.82 Å². The Morgan fingerprint density at radius 2 is 1.71 bits per heavy atom. The zero-order chi connectivity index (χ0) is 13.9. The largest absolute Gasteiger partial charge is 0.421 e. The summed E-state index contributed by atoms with van der Waals surface area (Å²) in [6.45, 7) is 0. The fraction of sp³-hybridized carbons (Fsp3) is 0. The van der Waals surface area contributed by atoms with E-state index in [4.69, 9.17) is 4.74 Å². The lowest BCUT2D eigenvalue weighted by molar-refractivity contribution is 0.0736. The Bertz CT molecular complexity index is 769. The number of nitrogens with zero attached hydrogens (tertiary/aromatic N) is 1. The summed E-state index contributed by atoms with van der Waals surface area (Å²) in [7, 11) is 0. The van der Waals surface area contributed by atoms with E-state index in [1.807, 2.05) is 18.2 Å². The Labute approximate surface area is 126 Å². The third-order valence-corrected chi connectivity index (χ3v) is 2.88. The predicted molar refractivity (Wildman–Crippen MR) is 80.3 cm³/mol. The van der Waals surface area contributed by atoms with Crippen LogP contribution in [0.15, 0.2) is 60.8 Å². The molecule has 0 aliphatic rings. The summed E-state index contributed by atoms with van der Waals surface area (Å²) in [6.07, 6.45) is 1.64. The highest BCUT2D eigenvalue weighted by Gasteiger charge is 2.11. The molecule has 0 aliphatic carbocycles. The smallest absolute Gasteiger partial charge is 0.343 e. The topological polar surface area (TPSA) is 39.2 Å². The molecule has 1 aromatic heterocycles. The van der Waals surface area contributed by atoms with Gasteiger partial charge in [-0.25, -0.2) is 9.18 Å². The lowest BCUT2D eigenvalue weighted by atomic mass is 10.2. The molecule has 3 rings (SSSR count). The van der Waals surface area contributed by atoms with Gasteiger partial charge in [-0.15, -0.1) is 12.4 Å². The molecule has 21 heavy (non-hydrogen) atoms. The first-order chi connectivity index (χ1) is 9.74. The van der Waals surface area contributed by atoms with Gasteiger partial charge in [-0.3, -0.25) is 4.98 Å². The van der Waals surface area contributed by atoms with Crippen molar-refractivity contribution in [3.05, 3.63) is 72.2 Å². The first-order valence-corrected chi connectivity index (χ1v) is 6.05. The van der Waals surface area contributed by atoms with Gasteiger partial charge in [0.05, 0.1) is 5.56 Å². The van der Waals surface area contributed by atoms with E-state index in [-0.39, 0.29) is 12.4 Å². The Hall–Kier alpha value is -2.46. The number of hydrogen-bond acceptors (Lipinski definition) is 3. The Morgan fingerprint density at radius 1 is 1.00 bits per heavy atom. The van der Waals surface area contributed by atoms with Crippen molar-refractivity contribution >= 4 is 29.3 Å². The van der Waals surface area contributed by atoms with Gasteiger partial charge in [0, 0.05) is 11.6 Å². The van der Waals surface area contributed by atoms with Crippen LogP contribution in [0.4, 0.5) is 4.39 Å². The van der Waals surface area contributed by atoms with Crippen molar-refractivity contribution in [2.45, 2.75) is 0 Å². The average Bonchev–Trinajstić information content (AvgIpc) is 2.48. The SMILES string of the molecule is Cl.O=C(Oc1cccc2cccnc12)c1ccc(F)cc1. The fourth-order valence-corrected chi connectivity index (χ4v) is 1.90. The van der Waals surface area contributed by atoms with Crippen molar-refractivity contribution in [3.8, 4) is 5.75 Å². The zero-order valence-corrected chi connectivity index (χ0v) is 11.6. The molecule has 3 aromatic rings. The number of carbonyl (C=O) groups excluding carboxylic acids is 1. The van der Waals surface area contributed by atoms with E-state index in [9.17, 15) is 9.18 Å². The molecule has 0 fully saturated rings. The zero-order valence-electron chi connectivity index (χ0n) is 10.8. The molecular weight excluding hydrogens is 293 g/mol. The molecule has 0 saturated heterocycles. The van der Waals surface area contributed by atoms with Gasteiger partial charge in [-0.1, -0.05) is 18.2 Å². The molecule has 0 N–H and O–H groups in total. The van der Waals surface area contributed by atoms with Gasteiger partial charge in [0.1, 0.15) is 11.3 Å². The number of benzene rings is 2. The molecule has 0 amide bonds. The van der Waals surface area contributed by atoms with E-state index in [0.29, 0.717) is 16.8 Å². The quantitative estimate of drug-likeness (QED) is 0.530. The highest BCUT2D eigenvalue weighted by atomic mass is 35.5. The van der Waals surface area contributed by atoms with E-state index in [0.717, 1.165) is 5.39 Å². The van der Waals surface area contributed by atoms with Crippen LogP contribution in [0.2, 0.25) is 0 Å². The summed E-state index contributed by atoms with van der Waals surface area (Å²) >= 11 is 0. The second-order valence-electron chi connectivity index (χ2n) is 4.23. The van der Waals surface area contributed by atoms with Crippen molar-refractivity contribution in [2.24, 2.45) is 0 Å². The summed E-state index contributed by atoms with van der Waals surface area (Å²) in [5.74, 6) is -0.547. The maximum absolute atomic E-state index is 12.8. The Balaban J connectivity index is 0.00000161. The standard InChI is InChI=1S/C16H10FNO2.ClH/c17-13-8-6-12(7-9-13)16(19)20-14-5-1-3-11-4-2-10-18-15(11)14;/h1-10H;1H. The molecule has 0 unspecified atom stereocenters. The summed E-state index contributed by atoms with van der Waals surface area (Å²) in [4.78, 5) is 16.2. The summed E-state index contributed by atoms with van der Waals surface area (Å²) < 4.78 is 18.2. The van der Waals surface area contributed by atoms with Gasteiger partial charge in [0.2, 0.25) is 0 Å².